The number of carbonyl (C=O) groups excluding carboxylic acids is 1. The number of carbonyl (C=O) groups is 1. The molecule has 1 unspecified atom stereocenters. The summed E-state index contributed by atoms with van der Waals surface area (Å²) in [6.45, 7) is 1.96. The highest BCUT2D eigenvalue weighted by atomic mass is 35.5. The first-order chi connectivity index (χ1) is 8.13. The van der Waals surface area contributed by atoms with Gasteiger partial charge in [-0.05, 0) is 19.1 Å². The lowest BCUT2D eigenvalue weighted by Crippen LogP contribution is -2.30. The SMILES string of the molecule is CC(c1nc2ccccc2s1)N(C)C(=O)CCl. The summed E-state index contributed by atoms with van der Waals surface area (Å²) in [6.07, 6.45) is 0. The molecule has 1 amide bonds. The number of thiazole rings is 1. The molecule has 0 N–H and O–H groups in total. The van der Waals surface area contributed by atoms with Crippen LogP contribution in [0.25, 0.3) is 10.2 Å². The Morgan fingerprint density at radius 1 is 1.53 bits per heavy atom. The van der Waals surface area contributed by atoms with Crippen LogP contribution in [0.3, 0.4) is 0 Å². The molecule has 0 fully saturated rings. The van der Waals surface area contributed by atoms with Crippen molar-refractivity contribution in [1.29, 1.82) is 0 Å². The van der Waals surface area contributed by atoms with Crippen molar-refractivity contribution in [3.8, 4) is 0 Å². The van der Waals surface area contributed by atoms with Crippen LogP contribution in [0, 0.1) is 0 Å². The molecule has 0 bridgehead atoms. The van der Waals surface area contributed by atoms with Gasteiger partial charge in [0.15, 0.2) is 0 Å². The van der Waals surface area contributed by atoms with Crippen LogP contribution in [0.4, 0.5) is 0 Å². The molecule has 0 radical (unpaired) electrons. The fourth-order valence-electron chi connectivity index (χ4n) is 1.54. The van der Waals surface area contributed by atoms with Gasteiger partial charge >= 0.3 is 0 Å². The topological polar surface area (TPSA) is 33.2 Å². The lowest BCUT2D eigenvalue weighted by atomic mass is 10.3. The zero-order valence-corrected chi connectivity index (χ0v) is 11.3. The third kappa shape index (κ3) is 2.42. The van der Waals surface area contributed by atoms with Crippen LogP contribution in [0.5, 0.6) is 0 Å². The van der Waals surface area contributed by atoms with Crippen LogP contribution in [-0.2, 0) is 4.79 Å². The van der Waals surface area contributed by atoms with E-state index in [0.29, 0.717) is 0 Å². The molecule has 0 aliphatic heterocycles. The van der Waals surface area contributed by atoms with E-state index in [-0.39, 0.29) is 17.8 Å². The number of rotatable bonds is 3. The van der Waals surface area contributed by atoms with Crippen molar-refractivity contribution in [3.05, 3.63) is 29.3 Å². The van der Waals surface area contributed by atoms with Crippen molar-refractivity contribution in [2.45, 2.75) is 13.0 Å². The molecule has 17 heavy (non-hydrogen) atoms. The monoisotopic (exact) mass is 268 g/mol. The van der Waals surface area contributed by atoms with Gasteiger partial charge in [0.2, 0.25) is 5.91 Å². The van der Waals surface area contributed by atoms with Gasteiger partial charge in [-0.1, -0.05) is 12.1 Å². The van der Waals surface area contributed by atoms with Crippen molar-refractivity contribution < 1.29 is 4.79 Å². The number of fused-ring (bicyclic) bond motifs is 1. The largest absolute Gasteiger partial charge is 0.336 e. The summed E-state index contributed by atoms with van der Waals surface area (Å²) in [5.41, 5.74) is 0.978. The van der Waals surface area contributed by atoms with E-state index < -0.39 is 0 Å². The number of para-hydroxylation sites is 1. The number of benzene rings is 1. The molecule has 90 valence electrons. The van der Waals surface area contributed by atoms with Crippen LogP contribution < -0.4 is 0 Å². The molecule has 2 rings (SSSR count). The van der Waals surface area contributed by atoms with Gasteiger partial charge in [-0.2, -0.15) is 0 Å². The maximum atomic E-state index is 11.5. The molecule has 1 heterocycles. The maximum Gasteiger partial charge on any atom is 0.237 e. The zero-order chi connectivity index (χ0) is 12.4. The lowest BCUT2D eigenvalue weighted by molar-refractivity contribution is -0.129. The Kier molecular flexibility index (Phi) is 3.64. The highest BCUT2D eigenvalue weighted by Crippen LogP contribution is 2.28. The van der Waals surface area contributed by atoms with Gasteiger partial charge in [0, 0.05) is 7.05 Å². The highest BCUT2D eigenvalue weighted by Gasteiger charge is 2.19. The van der Waals surface area contributed by atoms with E-state index >= 15 is 0 Å². The molecular formula is C12H13ClN2OS. The quantitative estimate of drug-likeness (QED) is 0.802. The fourth-order valence-corrected chi connectivity index (χ4v) is 2.80. The first kappa shape index (κ1) is 12.3. The third-order valence-corrected chi connectivity index (χ3v) is 4.19. The Hall–Kier alpha value is -1.13. The molecule has 0 saturated heterocycles. The third-order valence-electron chi connectivity index (χ3n) is 2.76. The van der Waals surface area contributed by atoms with Gasteiger partial charge in [0.05, 0.1) is 16.3 Å². The van der Waals surface area contributed by atoms with Gasteiger partial charge in [-0.25, -0.2) is 4.98 Å². The summed E-state index contributed by atoms with van der Waals surface area (Å²) in [7, 11) is 1.75. The summed E-state index contributed by atoms with van der Waals surface area (Å²) >= 11 is 7.16. The molecule has 2 aromatic rings. The Labute approximate surface area is 109 Å². The first-order valence-electron chi connectivity index (χ1n) is 5.30. The second-order valence-corrected chi connectivity index (χ2v) is 5.16. The number of amides is 1. The molecule has 0 spiro atoms. The predicted octanol–water partition coefficient (Wildman–Crippen LogP) is 3.05. The maximum absolute atomic E-state index is 11.5. The second kappa shape index (κ2) is 5.02. The van der Waals surface area contributed by atoms with E-state index in [2.05, 4.69) is 4.98 Å². The van der Waals surface area contributed by atoms with Gasteiger partial charge in [0.25, 0.3) is 0 Å². The van der Waals surface area contributed by atoms with Gasteiger partial charge in [-0.3, -0.25) is 4.79 Å². The van der Waals surface area contributed by atoms with Gasteiger partial charge < -0.3 is 4.90 Å². The minimum Gasteiger partial charge on any atom is -0.336 e. The fraction of sp³-hybridized carbons (Fsp3) is 0.333. The van der Waals surface area contributed by atoms with Crippen molar-refractivity contribution in [1.82, 2.24) is 9.88 Å². The number of hydrogen-bond acceptors (Lipinski definition) is 3. The van der Waals surface area contributed by atoms with Crippen LogP contribution in [0.15, 0.2) is 24.3 Å². The summed E-state index contributed by atoms with van der Waals surface area (Å²) in [4.78, 5) is 17.7. The van der Waals surface area contributed by atoms with Crippen molar-refractivity contribution >= 4 is 39.1 Å². The molecule has 3 nitrogen and oxygen atoms in total. The number of nitrogens with zero attached hydrogens (tertiary/aromatic N) is 2. The zero-order valence-electron chi connectivity index (χ0n) is 9.68. The summed E-state index contributed by atoms with van der Waals surface area (Å²) < 4.78 is 1.14. The molecule has 0 aliphatic carbocycles. The van der Waals surface area contributed by atoms with E-state index in [1.54, 1.807) is 23.3 Å². The summed E-state index contributed by atoms with van der Waals surface area (Å²) in [5, 5.41) is 0.937. The number of halogens is 1. The van der Waals surface area contributed by atoms with Gasteiger partial charge in [0.1, 0.15) is 10.9 Å². The van der Waals surface area contributed by atoms with Crippen LogP contribution in [-0.4, -0.2) is 28.7 Å². The lowest BCUT2D eigenvalue weighted by Gasteiger charge is -2.22. The average molecular weight is 269 g/mol. The normalized spacial score (nSPS) is 12.6. The van der Waals surface area contributed by atoms with Crippen LogP contribution >= 0.6 is 22.9 Å². The van der Waals surface area contributed by atoms with E-state index in [1.165, 1.54) is 0 Å². The average Bonchev–Trinajstić information content (AvgIpc) is 2.79. The predicted molar refractivity (Wildman–Crippen MR) is 71.5 cm³/mol. The van der Waals surface area contributed by atoms with E-state index in [1.807, 2.05) is 31.2 Å². The minimum atomic E-state index is -0.0848. The van der Waals surface area contributed by atoms with E-state index in [0.717, 1.165) is 15.2 Å². The highest BCUT2D eigenvalue weighted by molar-refractivity contribution is 7.18. The molecule has 0 saturated carbocycles. The number of hydrogen-bond donors (Lipinski definition) is 0. The molecule has 1 aromatic carbocycles. The standard InChI is InChI=1S/C12H13ClN2OS/c1-8(15(2)11(16)7-13)12-14-9-5-3-4-6-10(9)17-12/h3-6,8H,7H2,1-2H3. The number of alkyl halides is 1. The molecule has 1 aromatic heterocycles. The van der Waals surface area contributed by atoms with Crippen LogP contribution in [0.1, 0.15) is 18.0 Å². The molecule has 1 atom stereocenters. The Morgan fingerprint density at radius 2 is 2.24 bits per heavy atom. The molecule has 5 heteroatoms. The van der Waals surface area contributed by atoms with E-state index in [4.69, 9.17) is 11.6 Å². The van der Waals surface area contributed by atoms with Crippen LogP contribution in [0.2, 0.25) is 0 Å². The summed E-state index contributed by atoms with van der Waals surface area (Å²) in [6, 6.07) is 7.92. The first-order valence-corrected chi connectivity index (χ1v) is 6.65. The molecular weight excluding hydrogens is 256 g/mol. The van der Waals surface area contributed by atoms with Crippen molar-refractivity contribution in [2.24, 2.45) is 0 Å². The smallest absolute Gasteiger partial charge is 0.237 e. The van der Waals surface area contributed by atoms with E-state index in [9.17, 15) is 4.79 Å². The Morgan fingerprint density at radius 3 is 2.88 bits per heavy atom. The minimum absolute atomic E-state index is 0.00569. The molecule has 0 aliphatic rings. The van der Waals surface area contributed by atoms with Crippen molar-refractivity contribution in [3.63, 3.8) is 0 Å². The van der Waals surface area contributed by atoms with Crippen molar-refractivity contribution in [2.75, 3.05) is 12.9 Å². The summed E-state index contributed by atoms with van der Waals surface area (Å²) in [5.74, 6) is -0.0791. The van der Waals surface area contributed by atoms with Gasteiger partial charge in [-0.15, -0.1) is 22.9 Å². The Bertz CT molecular complexity index is 507. The number of aromatic nitrogens is 1. The Balaban J connectivity index is 2.30. The second-order valence-electron chi connectivity index (χ2n) is 3.83.